The highest BCUT2D eigenvalue weighted by molar-refractivity contribution is 5.99. The normalized spacial score (nSPS) is 15.8. The van der Waals surface area contributed by atoms with Crippen molar-refractivity contribution in [1.82, 2.24) is 14.9 Å². The third-order valence-corrected chi connectivity index (χ3v) is 5.97. The third-order valence-electron chi connectivity index (χ3n) is 5.97. The molecule has 0 saturated heterocycles. The molecule has 1 amide bonds. The lowest BCUT2D eigenvalue weighted by atomic mass is 9.95. The Balaban J connectivity index is 1.62. The molecule has 2 aromatic carbocycles. The summed E-state index contributed by atoms with van der Waals surface area (Å²) in [5.41, 5.74) is 1.76. The minimum absolute atomic E-state index is 0.00730. The number of aromatic amines is 2. The zero-order chi connectivity index (χ0) is 22.7. The second-order valence-electron chi connectivity index (χ2n) is 7.97. The van der Waals surface area contributed by atoms with Gasteiger partial charge in [-0.1, -0.05) is 0 Å². The number of ether oxygens (including phenoxy) is 1. The van der Waals surface area contributed by atoms with Gasteiger partial charge in [-0.05, 0) is 48.2 Å². The number of nitrogens with zero attached hydrogens (tertiary/aromatic N) is 1. The predicted octanol–water partition coefficient (Wildman–Crippen LogP) is 4.08. The molecule has 0 bridgehead atoms. The summed E-state index contributed by atoms with van der Waals surface area (Å²) in [6.07, 6.45) is 0. The van der Waals surface area contributed by atoms with Gasteiger partial charge in [0, 0.05) is 29.2 Å². The molecule has 3 heterocycles. The molecule has 6 nitrogen and oxygen atoms in total. The van der Waals surface area contributed by atoms with E-state index in [-0.39, 0.29) is 29.7 Å². The smallest absolute Gasteiger partial charge is 0.270 e. The maximum atomic E-state index is 14.1. The van der Waals surface area contributed by atoms with Crippen LogP contribution in [0.4, 0.5) is 13.2 Å². The Morgan fingerprint density at radius 1 is 1.03 bits per heavy atom. The van der Waals surface area contributed by atoms with Gasteiger partial charge in [0.05, 0.1) is 24.6 Å². The van der Waals surface area contributed by atoms with Crippen molar-refractivity contribution in [1.29, 1.82) is 0 Å². The van der Waals surface area contributed by atoms with E-state index in [9.17, 15) is 22.8 Å². The number of amides is 1. The number of benzene rings is 2. The van der Waals surface area contributed by atoms with E-state index in [1.54, 1.807) is 20.0 Å². The van der Waals surface area contributed by atoms with Crippen LogP contribution in [0.3, 0.4) is 0 Å². The van der Waals surface area contributed by atoms with Gasteiger partial charge >= 0.3 is 0 Å². The van der Waals surface area contributed by atoms with E-state index in [0.717, 1.165) is 17.5 Å². The highest BCUT2D eigenvalue weighted by atomic mass is 19.2. The van der Waals surface area contributed by atoms with Gasteiger partial charge < -0.3 is 19.6 Å². The summed E-state index contributed by atoms with van der Waals surface area (Å²) in [5.74, 6) is -3.03. The summed E-state index contributed by atoms with van der Waals surface area (Å²) in [7, 11) is 1.56. The SMILES string of the molecule is Cc1cc(F)cc2[nH]c(C(=O)N(C)[C@H]3COCc4[nH]c(=O)c5cc(F)c(F)cc5c43)cc12. The number of nitrogens with one attached hydrogen (secondary N) is 2. The van der Waals surface area contributed by atoms with Crippen LogP contribution >= 0.6 is 0 Å². The van der Waals surface area contributed by atoms with Crippen molar-refractivity contribution in [2.45, 2.75) is 19.6 Å². The molecular weight excluding hydrogens is 423 g/mol. The quantitative estimate of drug-likeness (QED) is 0.492. The average molecular weight is 441 g/mol. The van der Waals surface area contributed by atoms with E-state index in [1.807, 2.05) is 0 Å². The minimum Gasteiger partial charge on any atom is -0.373 e. The largest absolute Gasteiger partial charge is 0.373 e. The lowest BCUT2D eigenvalue weighted by molar-refractivity contribution is 0.0333. The lowest BCUT2D eigenvalue weighted by Crippen LogP contribution is -2.37. The van der Waals surface area contributed by atoms with E-state index in [1.165, 1.54) is 17.0 Å². The first kappa shape index (κ1) is 20.3. The number of fused-ring (bicyclic) bond motifs is 4. The van der Waals surface area contributed by atoms with Crippen LogP contribution in [0.25, 0.3) is 21.7 Å². The average Bonchev–Trinajstić information content (AvgIpc) is 3.18. The van der Waals surface area contributed by atoms with Gasteiger partial charge in [0.25, 0.3) is 11.5 Å². The number of rotatable bonds is 2. The van der Waals surface area contributed by atoms with Crippen molar-refractivity contribution in [3.63, 3.8) is 0 Å². The molecule has 1 atom stereocenters. The fourth-order valence-electron chi connectivity index (χ4n) is 4.37. The number of carbonyl (C=O) groups is 1. The van der Waals surface area contributed by atoms with Crippen molar-refractivity contribution in [2.75, 3.05) is 13.7 Å². The van der Waals surface area contributed by atoms with Crippen LogP contribution in [0.1, 0.15) is 33.4 Å². The van der Waals surface area contributed by atoms with Gasteiger partial charge in [0.15, 0.2) is 11.6 Å². The van der Waals surface area contributed by atoms with Gasteiger partial charge in [-0.2, -0.15) is 0 Å². The molecule has 9 heteroatoms. The first-order valence-corrected chi connectivity index (χ1v) is 9.92. The molecule has 1 aliphatic rings. The summed E-state index contributed by atoms with van der Waals surface area (Å²) in [5, 5.41) is 0.938. The third kappa shape index (κ3) is 3.08. The van der Waals surface area contributed by atoms with Gasteiger partial charge in [0.1, 0.15) is 11.5 Å². The number of hydrogen-bond acceptors (Lipinski definition) is 3. The highest BCUT2D eigenvalue weighted by Crippen LogP contribution is 2.34. The van der Waals surface area contributed by atoms with Crippen LogP contribution in [0.15, 0.2) is 35.1 Å². The van der Waals surface area contributed by atoms with E-state index >= 15 is 0 Å². The second kappa shape index (κ2) is 7.23. The van der Waals surface area contributed by atoms with E-state index < -0.39 is 35.0 Å². The summed E-state index contributed by atoms with van der Waals surface area (Å²) in [6, 6.07) is 5.51. The summed E-state index contributed by atoms with van der Waals surface area (Å²) in [6.45, 7) is 1.92. The monoisotopic (exact) mass is 441 g/mol. The Labute approximate surface area is 179 Å². The Kier molecular flexibility index (Phi) is 4.59. The Morgan fingerprint density at radius 3 is 2.50 bits per heavy atom. The van der Waals surface area contributed by atoms with Crippen LogP contribution in [0.5, 0.6) is 0 Å². The number of H-pyrrole nitrogens is 2. The van der Waals surface area contributed by atoms with Crippen molar-refractivity contribution >= 4 is 27.6 Å². The molecular formula is C23H18F3N3O3. The molecule has 0 saturated carbocycles. The molecule has 0 unspecified atom stereocenters. The molecule has 32 heavy (non-hydrogen) atoms. The molecule has 0 spiro atoms. The van der Waals surface area contributed by atoms with E-state index in [4.69, 9.17) is 4.74 Å². The zero-order valence-electron chi connectivity index (χ0n) is 17.2. The fourth-order valence-corrected chi connectivity index (χ4v) is 4.37. The van der Waals surface area contributed by atoms with E-state index in [2.05, 4.69) is 9.97 Å². The molecule has 164 valence electrons. The Hall–Kier alpha value is -3.59. The number of aromatic nitrogens is 2. The molecule has 1 aliphatic heterocycles. The number of likely N-dealkylation sites (N-methyl/N-ethyl adjacent to an activating group) is 1. The fraction of sp³-hybridized carbons (Fsp3) is 0.217. The van der Waals surface area contributed by atoms with Gasteiger partial charge in [-0.25, -0.2) is 13.2 Å². The summed E-state index contributed by atoms with van der Waals surface area (Å²) >= 11 is 0. The Bertz CT molecular complexity index is 1470. The summed E-state index contributed by atoms with van der Waals surface area (Å²) < 4.78 is 47.2. The van der Waals surface area contributed by atoms with Crippen LogP contribution in [-0.4, -0.2) is 34.4 Å². The second-order valence-corrected chi connectivity index (χ2v) is 7.97. The maximum absolute atomic E-state index is 14.1. The maximum Gasteiger partial charge on any atom is 0.270 e. The van der Waals surface area contributed by atoms with Crippen LogP contribution in [0, 0.1) is 24.4 Å². The topological polar surface area (TPSA) is 78.2 Å². The molecule has 0 radical (unpaired) electrons. The van der Waals surface area contributed by atoms with E-state index in [0.29, 0.717) is 22.3 Å². The molecule has 4 aromatic rings. The number of carbonyl (C=O) groups excluding carboxylic acids is 1. The highest BCUT2D eigenvalue weighted by Gasteiger charge is 2.32. The van der Waals surface area contributed by atoms with Crippen molar-refractivity contribution < 1.29 is 22.7 Å². The predicted molar refractivity (Wildman–Crippen MR) is 112 cm³/mol. The van der Waals surface area contributed by atoms with Gasteiger partial charge in [-0.3, -0.25) is 9.59 Å². The number of pyridine rings is 1. The van der Waals surface area contributed by atoms with Crippen LogP contribution < -0.4 is 5.56 Å². The minimum atomic E-state index is -1.13. The van der Waals surface area contributed by atoms with Crippen molar-refractivity contribution in [3.8, 4) is 0 Å². The van der Waals surface area contributed by atoms with Gasteiger partial charge in [0.2, 0.25) is 0 Å². The number of hydrogen-bond donors (Lipinski definition) is 2. The Morgan fingerprint density at radius 2 is 1.75 bits per heavy atom. The molecule has 0 fully saturated rings. The first-order chi connectivity index (χ1) is 15.2. The zero-order valence-corrected chi connectivity index (χ0v) is 17.2. The molecule has 0 aliphatic carbocycles. The lowest BCUT2D eigenvalue weighted by Gasteiger charge is -2.33. The summed E-state index contributed by atoms with van der Waals surface area (Å²) in [4.78, 5) is 32.7. The van der Waals surface area contributed by atoms with Crippen LogP contribution in [-0.2, 0) is 11.3 Å². The van der Waals surface area contributed by atoms with Crippen molar-refractivity contribution in [2.24, 2.45) is 0 Å². The standard InChI is InChI=1S/C23H18F3N3O3/c1-10-3-11(24)4-17-12(10)7-18(27-17)23(31)29(2)20-9-32-8-19-21(20)13-5-15(25)16(26)6-14(13)22(30)28-19/h3-7,20,27H,8-9H2,1-2H3,(H,28,30)/t20-/m0/s1. The molecule has 2 aromatic heterocycles. The first-order valence-electron chi connectivity index (χ1n) is 9.92. The number of halogens is 3. The molecule has 2 N–H and O–H groups in total. The van der Waals surface area contributed by atoms with Crippen molar-refractivity contribution in [3.05, 3.63) is 80.7 Å². The van der Waals surface area contributed by atoms with Crippen LogP contribution in [0.2, 0.25) is 0 Å². The molecule has 5 rings (SSSR count). The van der Waals surface area contributed by atoms with Gasteiger partial charge in [-0.15, -0.1) is 0 Å². The number of aryl methyl sites for hydroxylation is 1.